The molecule has 0 N–H and O–H groups in total. The summed E-state index contributed by atoms with van der Waals surface area (Å²) < 4.78 is 5.18. The summed E-state index contributed by atoms with van der Waals surface area (Å²) in [6, 6.07) is 10.9. The highest BCUT2D eigenvalue weighted by molar-refractivity contribution is 5.82. The van der Waals surface area contributed by atoms with Crippen molar-refractivity contribution in [1.29, 1.82) is 0 Å². The maximum atomic E-state index is 12.6. The lowest BCUT2D eigenvalue weighted by Gasteiger charge is -2.44. The molecule has 2 aliphatic rings. The van der Waals surface area contributed by atoms with Gasteiger partial charge in [0.2, 0.25) is 0 Å². The van der Waals surface area contributed by atoms with Crippen molar-refractivity contribution in [1.82, 2.24) is 4.90 Å². The Labute approximate surface area is 126 Å². The molecule has 1 saturated carbocycles. The zero-order valence-electron chi connectivity index (χ0n) is 12.6. The van der Waals surface area contributed by atoms with Gasteiger partial charge in [0.15, 0.2) is 0 Å². The van der Waals surface area contributed by atoms with Crippen molar-refractivity contribution in [3.05, 3.63) is 48.6 Å². The van der Waals surface area contributed by atoms with Gasteiger partial charge in [-0.05, 0) is 37.2 Å². The predicted molar refractivity (Wildman–Crippen MR) is 82.7 cm³/mol. The largest absolute Gasteiger partial charge is 0.468 e. The molecule has 1 aromatic carbocycles. The number of carbonyl (C=O) groups is 1. The second kappa shape index (κ2) is 5.64. The molecule has 0 amide bonds. The van der Waals surface area contributed by atoms with Gasteiger partial charge in [0.1, 0.15) is 5.54 Å². The number of carbonyl (C=O) groups excluding carboxylic acids is 1. The molecule has 3 atom stereocenters. The molecule has 0 unspecified atom stereocenters. The van der Waals surface area contributed by atoms with E-state index in [1.54, 1.807) is 0 Å². The lowest BCUT2D eigenvalue weighted by atomic mass is 9.79. The van der Waals surface area contributed by atoms with E-state index in [-0.39, 0.29) is 5.97 Å². The van der Waals surface area contributed by atoms with Crippen molar-refractivity contribution in [3.8, 4) is 0 Å². The first-order valence-electron chi connectivity index (χ1n) is 7.72. The van der Waals surface area contributed by atoms with E-state index >= 15 is 0 Å². The molecule has 1 aliphatic heterocycles. The zero-order valence-corrected chi connectivity index (χ0v) is 12.6. The van der Waals surface area contributed by atoms with Crippen LogP contribution >= 0.6 is 0 Å². The number of hydrogen-bond acceptors (Lipinski definition) is 3. The summed E-state index contributed by atoms with van der Waals surface area (Å²) in [5, 5.41) is 0. The van der Waals surface area contributed by atoms with E-state index < -0.39 is 5.54 Å². The van der Waals surface area contributed by atoms with E-state index in [1.165, 1.54) is 19.1 Å². The average Bonchev–Trinajstić information content (AvgIpc) is 3.10. The third-order valence-corrected chi connectivity index (χ3v) is 5.22. The van der Waals surface area contributed by atoms with Crippen LogP contribution in [0.2, 0.25) is 0 Å². The first-order valence-corrected chi connectivity index (χ1v) is 7.72. The molecule has 2 bridgehead atoms. The van der Waals surface area contributed by atoms with Gasteiger partial charge in [0.05, 0.1) is 7.11 Å². The van der Waals surface area contributed by atoms with Crippen LogP contribution in [0.4, 0.5) is 0 Å². The van der Waals surface area contributed by atoms with Gasteiger partial charge < -0.3 is 4.74 Å². The van der Waals surface area contributed by atoms with E-state index in [4.69, 9.17) is 4.74 Å². The van der Waals surface area contributed by atoms with Crippen LogP contribution < -0.4 is 0 Å². The van der Waals surface area contributed by atoms with Crippen LogP contribution in [0.3, 0.4) is 0 Å². The van der Waals surface area contributed by atoms with E-state index in [1.807, 2.05) is 12.1 Å². The quantitative estimate of drug-likeness (QED) is 0.615. The van der Waals surface area contributed by atoms with Crippen molar-refractivity contribution < 1.29 is 9.53 Å². The van der Waals surface area contributed by atoms with Crippen LogP contribution in [0.5, 0.6) is 0 Å². The lowest BCUT2D eigenvalue weighted by molar-refractivity contribution is -0.159. The lowest BCUT2D eigenvalue weighted by Crippen LogP contribution is -2.58. The van der Waals surface area contributed by atoms with Gasteiger partial charge in [0.25, 0.3) is 0 Å². The Morgan fingerprint density at radius 1 is 1.43 bits per heavy atom. The minimum atomic E-state index is -0.505. The minimum Gasteiger partial charge on any atom is -0.468 e. The molecule has 1 heterocycles. The second-order valence-corrected chi connectivity index (χ2v) is 6.19. The number of hydrogen-bond donors (Lipinski definition) is 0. The molecule has 21 heavy (non-hydrogen) atoms. The fraction of sp³-hybridized carbons (Fsp3) is 0.500. The van der Waals surface area contributed by atoms with Gasteiger partial charge >= 0.3 is 5.97 Å². The molecule has 3 nitrogen and oxygen atoms in total. The number of methoxy groups -OCH3 is 1. The summed E-state index contributed by atoms with van der Waals surface area (Å²) in [4.78, 5) is 15.0. The Morgan fingerprint density at radius 2 is 2.19 bits per heavy atom. The zero-order chi connectivity index (χ0) is 14.9. The maximum absolute atomic E-state index is 12.6. The molecular formula is C18H23NO2. The second-order valence-electron chi connectivity index (χ2n) is 6.19. The Balaban J connectivity index is 1.95. The maximum Gasteiger partial charge on any atom is 0.326 e. The number of fused-ring (bicyclic) bond motifs is 2. The molecule has 2 fully saturated rings. The summed E-state index contributed by atoms with van der Waals surface area (Å²) >= 11 is 0. The highest BCUT2D eigenvalue weighted by Crippen LogP contribution is 2.52. The number of rotatable bonds is 5. The number of nitrogens with zero attached hydrogens (tertiary/aromatic N) is 1. The summed E-state index contributed by atoms with van der Waals surface area (Å²) in [5.74, 6) is 0.308. The Morgan fingerprint density at radius 3 is 2.86 bits per heavy atom. The molecule has 3 rings (SSSR count). The van der Waals surface area contributed by atoms with E-state index in [0.717, 1.165) is 19.4 Å². The fourth-order valence-electron chi connectivity index (χ4n) is 4.33. The van der Waals surface area contributed by atoms with Crippen LogP contribution in [0.1, 0.15) is 31.2 Å². The topological polar surface area (TPSA) is 29.5 Å². The molecule has 1 aromatic rings. The highest BCUT2D eigenvalue weighted by Gasteiger charge is 2.60. The summed E-state index contributed by atoms with van der Waals surface area (Å²) in [5.41, 5.74) is 0.748. The Bertz CT molecular complexity index is 527. The van der Waals surface area contributed by atoms with E-state index in [9.17, 15) is 4.79 Å². The van der Waals surface area contributed by atoms with Crippen LogP contribution in [0.25, 0.3) is 0 Å². The van der Waals surface area contributed by atoms with Crippen LogP contribution in [-0.4, -0.2) is 29.6 Å². The van der Waals surface area contributed by atoms with E-state index in [2.05, 4.69) is 35.7 Å². The number of likely N-dealkylation sites (tertiary alicyclic amines) is 1. The summed E-state index contributed by atoms with van der Waals surface area (Å²) in [6.07, 6.45) is 5.96. The van der Waals surface area contributed by atoms with Crippen molar-refractivity contribution in [2.24, 2.45) is 5.92 Å². The van der Waals surface area contributed by atoms with Gasteiger partial charge in [-0.15, -0.1) is 6.58 Å². The Hall–Kier alpha value is -1.61. The van der Waals surface area contributed by atoms with Crippen LogP contribution in [-0.2, 0) is 16.1 Å². The average molecular weight is 285 g/mol. The number of piperidine rings is 1. The van der Waals surface area contributed by atoms with Gasteiger partial charge in [-0.25, -0.2) is 0 Å². The molecular weight excluding hydrogens is 262 g/mol. The minimum absolute atomic E-state index is 0.0921. The summed E-state index contributed by atoms with van der Waals surface area (Å²) in [7, 11) is 1.50. The predicted octanol–water partition coefficient (Wildman–Crippen LogP) is 3.16. The van der Waals surface area contributed by atoms with E-state index in [0.29, 0.717) is 18.4 Å². The highest BCUT2D eigenvalue weighted by atomic mass is 16.5. The van der Waals surface area contributed by atoms with Crippen LogP contribution in [0.15, 0.2) is 43.0 Å². The molecule has 0 aromatic heterocycles. The fourth-order valence-corrected chi connectivity index (χ4v) is 4.33. The third kappa shape index (κ3) is 2.20. The standard InChI is InChI=1S/C18H23NO2/c1-3-11-18(17(20)21-2)15-9-10-16(12-15)19(18)13-14-7-5-4-6-8-14/h3-8,15-16H,1,9-13H2,2H3/t15-,16+,18+/m1/s1. The van der Waals surface area contributed by atoms with Gasteiger partial charge in [-0.3, -0.25) is 9.69 Å². The van der Waals surface area contributed by atoms with Crippen LogP contribution in [0, 0.1) is 5.92 Å². The smallest absolute Gasteiger partial charge is 0.326 e. The van der Waals surface area contributed by atoms with Gasteiger partial charge in [-0.2, -0.15) is 0 Å². The number of ether oxygens (including phenoxy) is 1. The monoisotopic (exact) mass is 285 g/mol. The molecule has 3 heteroatoms. The first-order chi connectivity index (χ1) is 10.2. The third-order valence-electron chi connectivity index (χ3n) is 5.22. The molecule has 0 radical (unpaired) electrons. The van der Waals surface area contributed by atoms with Gasteiger partial charge in [-0.1, -0.05) is 36.4 Å². The molecule has 1 aliphatic carbocycles. The molecule has 0 spiro atoms. The van der Waals surface area contributed by atoms with Gasteiger partial charge in [0, 0.05) is 12.6 Å². The van der Waals surface area contributed by atoms with Crippen molar-refractivity contribution in [2.75, 3.05) is 7.11 Å². The normalized spacial score (nSPS) is 31.3. The van der Waals surface area contributed by atoms with Crippen molar-refractivity contribution in [2.45, 2.75) is 43.8 Å². The number of esters is 1. The molecule has 1 saturated heterocycles. The number of benzene rings is 1. The first kappa shape index (κ1) is 14.3. The SMILES string of the molecule is C=CC[C@@]1(C(=O)OC)[C@@H]2CC[C@@H](C2)N1Cc1ccccc1. The molecule has 112 valence electrons. The van der Waals surface area contributed by atoms with Crippen molar-refractivity contribution >= 4 is 5.97 Å². The summed E-state index contributed by atoms with van der Waals surface area (Å²) in [6.45, 7) is 4.69. The Kier molecular flexibility index (Phi) is 3.85. The van der Waals surface area contributed by atoms with Crippen molar-refractivity contribution in [3.63, 3.8) is 0 Å².